The summed E-state index contributed by atoms with van der Waals surface area (Å²) in [7, 11) is -3.47. The molecule has 1 aliphatic carbocycles. The summed E-state index contributed by atoms with van der Waals surface area (Å²) < 4.78 is 27.2. The molecule has 2 aliphatic rings. The number of piperidine rings is 1. The number of halogens is 1. The molecular formula is C22H25ClN2O3S. The molecule has 1 amide bonds. The van der Waals surface area contributed by atoms with Crippen molar-refractivity contribution in [3.63, 3.8) is 0 Å². The Bertz CT molecular complexity index is 982. The number of hydrogen-bond acceptors (Lipinski definition) is 3. The molecule has 2 aromatic carbocycles. The predicted molar refractivity (Wildman–Crippen MR) is 115 cm³/mol. The van der Waals surface area contributed by atoms with Crippen LogP contribution in [-0.2, 0) is 14.8 Å². The van der Waals surface area contributed by atoms with Gasteiger partial charge in [0.05, 0.1) is 4.90 Å². The average molecular weight is 433 g/mol. The minimum atomic E-state index is -3.47. The normalized spacial score (nSPS) is 23.0. The van der Waals surface area contributed by atoms with Crippen LogP contribution in [0.2, 0.25) is 5.02 Å². The van der Waals surface area contributed by atoms with Gasteiger partial charge >= 0.3 is 0 Å². The number of benzene rings is 2. The van der Waals surface area contributed by atoms with E-state index in [2.05, 4.69) is 12.2 Å². The largest absolute Gasteiger partial charge is 0.326 e. The van der Waals surface area contributed by atoms with Crippen LogP contribution in [0.25, 0.3) is 0 Å². The van der Waals surface area contributed by atoms with Gasteiger partial charge < -0.3 is 5.32 Å². The van der Waals surface area contributed by atoms with Crippen LogP contribution in [0.5, 0.6) is 0 Å². The van der Waals surface area contributed by atoms with Gasteiger partial charge in [-0.05, 0) is 73.1 Å². The summed E-state index contributed by atoms with van der Waals surface area (Å²) in [6.45, 7) is 3.28. The maximum Gasteiger partial charge on any atom is 0.243 e. The number of amides is 1. The van der Waals surface area contributed by atoms with Crippen molar-refractivity contribution < 1.29 is 13.2 Å². The fraction of sp³-hybridized carbons (Fsp3) is 0.409. The van der Waals surface area contributed by atoms with E-state index in [9.17, 15) is 13.2 Å². The quantitative estimate of drug-likeness (QED) is 0.756. The zero-order chi connectivity index (χ0) is 20.6. The molecular weight excluding hydrogens is 408 g/mol. The van der Waals surface area contributed by atoms with Gasteiger partial charge in [0.15, 0.2) is 0 Å². The number of sulfonamides is 1. The zero-order valence-electron chi connectivity index (χ0n) is 16.3. The molecule has 4 rings (SSSR count). The van der Waals surface area contributed by atoms with Gasteiger partial charge in [-0.1, -0.05) is 30.7 Å². The van der Waals surface area contributed by atoms with Crippen molar-refractivity contribution in [2.75, 3.05) is 18.4 Å². The van der Waals surface area contributed by atoms with Gasteiger partial charge in [0.25, 0.3) is 0 Å². The fourth-order valence-corrected chi connectivity index (χ4v) is 5.48. The Morgan fingerprint density at radius 3 is 2.28 bits per heavy atom. The van der Waals surface area contributed by atoms with Crippen LogP contribution in [0.3, 0.4) is 0 Å². The molecule has 0 spiro atoms. The first kappa shape index (κ1) is 20.4. The summed E-state index contributed by atoms with van der Waals surface area (Å²) in [6, 6.07) is 14.1. The van der Waals surface area contributed by atoms with E-state index in [0.29, 0.717) is 29.7 Å². The van der Waals surface area contributed by atoms with Gasteiger partial charge in [0, 0.05) is 29.7 Å². The predicted octanol–water partition coefficient (Wildman–Crippen LogP) is 4.50. The summed E-state index contributed by atoms with van der Waals surface area (Å²) in [5.74, 6) is 0.687. The van der Waals surface area contributed by atoms with Crippen LogP contribution < -0.4 is 5.32 Å². The molecule has 5 nitrogen and oxygen atoms in total. The molecule has 29 heavy (non-hydrogen) atoms. The molecule has 1 heterocycles. The molecule has 2 unspecified atom stereocenters. The highest BCUT2D eigenvalue weighted by atomic mass is 35.5. The lowest BCUT2D eigenvalue weighted by Crippen LogP contribution is -2.37. The lowest BCUT2D eigenvalue weighted by atomic mass is 10.0. The topological polar surface area (TPSA) is 66.5 Å². The maximum atomic E-state index is 12.8. The zero-order valence-corrected chi connectivity index (χ0v) is 17.9. The Morgan fingerprint density at radius 2 is 1.66 bits per heavy atom. The monoisotopic (exact) mass is 432 g/mol. The number of carbonyl (C=O) groups excluding carboxylic acids is 1. The lowest BCUT2D eigenvalue weighted by Gasteiger charge is -2.29. The van der Waals surface area contributed by atoms with Crippen LogP contribution >= 0.6 is 11.6 Å². The van der Waals surface area contributed by atoms with E-state index < -0.39 is 10.0 Å². The highest BCUT2D eigenvalue weighted by Gasteiger charge is 2.43. The Labute approximate surface area is 177 Å². The van der Waals surface area contributed by atoms with Crippen molar-refractivity contribution in [3.05, 3.63) is 59.1 Å². The minimum absolute atomic E-state index is 0.0365. The summed E-state index contributed by atoms with van der Waals surface area (Å²) in [5.41, 5.74) is 1.73. The number of rotatable bonds is 5. The molecule has 0 aromatic heterocycles. The SMILES string of the molecule is CC1CCN(S(=O)(=O)c2ccc(NC(=O)C3CC3c3ccc(Cl)cc3)cc2)CC1. The van der Waals surface area contributed by atoms with E-state index >= 15 is 0 Å². The van der Waals surface area contributed by atoms with Crippen molar-refractivity contribution in [1.82, 2.24) is 4.31 Å². The van der Waals surface area contributed by atoms with Crippen molar-refractivity contribution in [3.8, 4) is 0 Å². The minimum Gasteiger partial charge on any atom is -0.326 e. The standard InChI is InChI=1S/C22H25ClN2O3S/c1-15-10-12-25(13-11-15)29(27,28)19-8-6-18(7-9-19)24-22(26)21-14-20(21)16-2-4-17(23)5-3-16/h2-9,15,20-21H,10-14H2,1H3,(H,24,26). The second kappa shape index (κ2) is 8.09. The molecule has 7 heteroatoms. The highest BCUT2D eigenvalue weighted by Crippen LogP contribution is 2.48. The Morgan fingerprint density at radius 1 is 1.03 bits per heavy atom. The molecule has 1 saturated heterocycles. The van der Waals surface area contributed by atoms with E-state index in [-0.39, 0.29) is 22.6 Å². The van der Waals surface area contributed by atoms with Crippen LogP contribution in [-0.4, -0.2) is 31.7 Å². The van der Waals surface area contributed by atoms with Gasteiger partial charge in [-0.15, -0.1) is 0 Å². The number of nitrogens with zero attached hydrogens (tertiary/aromatic N) is 1. The molecule has 154 valence electrons. The fourth-order valence-electron chi connectivity index (χ4n) is 3.88. The third kappa shape index (κ3) is 4.49. The third-order valence-electron chi connectivity index (χ3n) is 5.93. The number of hydrogen-bond donors (Lipinski definition) is 1. The molecule has 1 saturated carbocycles. The lowest BCUT2D eigenvalue weighted by molar-refractivity contribution is -0.117. The second-order valence-corrected chi connectivity index (χ2v) is 10.5. The average Bonchev–Trinajstić information content (AvgIpc) is 3.50. The number of anilines is 1. The molecule has 1 N–H and O–H groups in total. The van der Waals surface area contributed by atoms with E-state index in [4.69, 9.17) is 11.6 Å². The molecule has 0 radical (unpaired) electrons. The molecule has 2 fully saturated rings. The number of carbonyl (C=O) groups is 1. The molecule has 2 atom stereocenters. The first-order valence-corrected chi connectivity index (χ1v) is 11.8. The van der Waals surface area contributed by atoms with Crippen molar-refractivity contribution in [2.45, 2.75) is 37.0 Å². The van der Waals surface area contributed by atoms with E-state index in [0.717, 1.165) is 24.8 Å². The van der Waals surface area contributed by atoms with Gasteiger partial charge in [0.2, 0.25) is 15.9 Å². The van der Waals surface area contributed by atoms with Gasteiger partial charge in [0.1, 0.15) is 0 Å². The Hall–Kier alpha value is -1.89. The first-order valence-electron chi connectivity index (χ1n) is 10.0. The molecule has 1 aliphatic heterocycles. The smallest absolute Gasteiger partial charge is 0.243 e. The van der Waals surface area contributed by atoms with Crippen LogP contribution in [0.1, 0.15) is 37.7 Å². The van der Waals surface area contributed by atoms with Crippen molar-refractivity contribution in [2.24, 2.45) is 11.8 Å². The van der Waals surface area contributed by atoms with Gasteiger partial charge in [-0.3, -0.25) is 4.79 Å². The summed E-state index contributed by atoms with van der Waals surface area (Å²) in [6.07, 6.45) is 2.60. The van der Waals surface area contributed by atoms with Crippen LogP contribution in [0, 0.1) is 11.8 Å². The van der Waals surface area contributed by atoms with E-state index in [1.54, 1.807) is 28.6 Å². The highest BCUT2D eigenvalue weighted by molar-refractivity contribution is 7.89. The molecule has 2 aromatic rings. The van der Waals surface area contributed by atoms with E-state index in [1.807, 2.05) is 24.3 Å². The maximum absolute atomic E-state index is 12.8. The first-order chi connectivity index (χ1) is 13.8. The van der Waals surface area contributed by atoms with Crippen molar-refractivity contribution in [1.29, 1.82) is 0 Å². The van der Waals surface area contributed by atoms with Crippen LogP contribution in [0.15, 0.2) is 53.4 Å². The third-order valence-corrected chi connectivity index (χ3v) is 8.09. The summed E-state index contributed by atoms with van der Waals surface area (Å²) in [4.78, 5) is 12.8. The van der Waals surface area contributed by atoms with Gasteiger partial charge in [-0.25, -0.2) is 8.42 Å². The summed E-state index contributed by atoms with van der Waals surface area (Å²) in [5, 5.41) is 3.59. The van der Waals surface area contributed by atoms with E-state index in [1.165, 1.54) is 0 Å². The van der Waals surface area contributed by atoms with Gasteiger partial charge in [-0.2, -0.15) is 4.31 Å². The summed E-state index contributed by atoms with van der Waals surface area (Å²) >= 11 is 5.92. The number of nitrogens with one attached hydrogen (secondary N) is 1. The van der Waals surface area contributed by atoms with Crippen molar-refractivity contribution >= 4 is 33.2 Å². The van der Waals surface area contributed by atoms with Crippen LogP contribution in [0.4, 0.5) is 5.69 Å². The Kier molecular flexibility index (Phi) is 5.69. The second-order valence-electron chi connectivity index (χ2n) is 8.10. The molecule has 0 bridgehead atoms. The Balaban J connectivity index is 1.37.